The first-order valence-corrected chi connectivity index (χ1v) is 20.8. The van der Waals surface area contributed by atoms with Gasteiger partial charge in [-0.25, -0.2) is 13.2 Å². The number of rotatable bonds is 12. The first-order chi connectivity index (χ1) is 21.0. The van der Waals surface area contributed by atoms with Gasteiger partial charge in [-0.05, 0) is 71.6 Å². The van der Waals surface area contributed by atoms with E-state index in [-0.39, 0.29) is 15.8 Å². The molecule has 1 fully saturated rings. The van der Waals surface area contributed by atoms with Crippen LogP contribution in [-0.2, 0) is 27.6 Å². The molecule has 7 nitrogen and oxygen atoms in total. The van der Waals surface area contributed by atoms with E-state index in [9.17, 15) is 18.0 Å². The number of β-lactam (4-membered cyclic amide) rings is 1. The minimum atomic E-state index is -3.91. The van der Waals surface area contributed by atoms with Crippen molar-refractivity contribution in [2.75, 3.05) is 0 Å². The van der Waals surface area contributed by atoms with Gasteiger partial charge in [0.25, 0.3) is 0 Å². The Balaban J connectivity index is 1.71. The number of nitrogens with zero attached hydrogens (tertiary/aromatic N) is 1. The maximum Gasteiger partial charge on any atom is 0.334 e. The number of benzene rings is 3. The van der Waals surface area contributed by atoms with Gasteiger partial charge in [0.1, 0.15) is 5.37 Å². The summed E-state index contributed by atoms with van der Waals surface area (Å²) in [5.74, 6) is -1.85. The Morgan fingerprint density at radius 1 is 0.911 bits per heavy atom. The summed E-state index contributed by atoms with van der Waals surface area (Å²) in [6.07, 6.45) is -1.32. The van der Waals surface area contributed by atoms with Crippen molar-refractivity contribution in [2.45, 2.75) is 81.3 Å². The lowest BCUT2D eigenvalue weighted by Crippen LogP contribution is -2.69. The average Bonchev–Trinajstić information content (AvgIpc) is 2.98. The number of amides is 1. The normalized spacial score (nSPS) is 18.7. The van der Waals surface area contributed by atoms with Crippen molar-refractivity contribution in [1.82, 2.24) is 4.90 Å². The molecular weight excluding hydrogens is 623 g/mol. The van der Waals surface area contributed by atoms with Crippen LogP contribution in [0.5, 0.6) is 0 Å². The Bertz CT molecular complexity index is 1570. The van der Waals surface area contributed by atoms with Crippen LogP contribution in [0.4, 0.5) is 0 Å². The lowest BCUT2D eigenvalue weighted by Gasteiger charge is -2.52. The molecule has 4 atom stereocenters. The monoisotopic (exact) mass is 665 g/mol. The Hall–Kier alpha value is -3.18. The fraction of sp³-hybridized carbons (Fsp3) is 0.371. The second-order valence-corrected chi connectivity index (χ2v) is 21.7. The number of ether oxygens (including phenoxy) is 1. The van der Waals surface area contributed by atoms with Crippen LogP contribution in [0.2, 0.25) is 18.1 Å². The van der Waals surface area contributed by atoms with E-state index in [1.807, 2.05) is 67.6 Å². The van der Waals surface area contributed by atoms with Gasteiger partial charge in [0.2, 0.25) is 14.8 Å². The zero-order chi connectivity index (χ0) is 33.2. The number of likely N-dealkylation sites (tertiary alicyclic amines) is 1. The van der Waals surface area contributed by atoms with Crippen molar-refractivity contribution in [1.29, 1.82) is 0 Å². The molecule has 0 spiro atoms. The molecule has 3 aromatic rings. The minimum Gasteiger partial charge on any atom is -0.451 e. The maximum absolute atomic E-state index is 14.1. The molecule has 0 radical (unpaired) electrons. The van der Waals surface area contributed by atoms with Gasteiger partial charge in [0.05, 0.1) is 16.9 Å². The van der Waals surface area contributed by atoms with E-state index in [4.69, 9.17) is 9.16 Å². The molecule has 1 aliphatic rings. The number of carbonyl (C=O) groups excluding carboxylic acids is 2. The Kier molecular flexibility index (Phi) is 10.5. The van der Waals surface area contributed by atoms with E-state index in [1.165, 1.54) is 17.0 Å². The molecule has 0 aromatic heterocycles. The topological polar surface area (TPSA) is 90.0 Å². The third kappa shape index (κ3) is 7.62. The summed E-state index contributed by atoms with van der Waals surface area (Å²) in [6, 6.07) is 25.6. The Morgan fingerprint density at radius 3 is 1.82 bits per heavy atom. The molecule has 1 unspecified atom stereocenters. The third-order valence-electron chi connectivity index (χ3n) is 8.58. The van der Waals surface area contributed by atoms with Crippen LogP contribution in [0.3, 0.4) is 0 Å². The number of hydrogen-bond acceptors (Lipinski definition) is 7. The van der Waals surface area contributed by atoms with Gasteiger partial charge in [0, 0.05) is 0 Å². The molecule has 0 saturated carbocycles. The molecular formula is C35H43NO6S2Si. The van der Waals surface area contributed by atoms with Gasteiger partial charge in [-0.3, -0.25) is 4.79 Å². The predicted molar refractivity (Wildman–Crippen MR) is 183 cm³/mol. The molecule has 0 bridgehead atoms. The number of hydrogen-bond donors (Lipinski definition) is 0. The third-order valence-corrected chi connectivity index (χ3v) is 16.9. The van der Waals surface area contributed by atoms with E-state index in [0.717, 1.165) is 11.1 Å². The highest BCUT2D eigenvalue weighted by atomic mass is 33.1. The van der Waals surface area contributed by atoms with Crippen LogP contribution < -0.4 is 0 Å². The van der Waals surface area contributed by atoms with Crippen molar-refractivity contribution >= 4 is 39.9 Å². The van der Waals surface area contributed by atoms with E-state index in [0.29, 0.717) is 16.4 Å². The second-order valence-electron chi connectivity index (χ2n) is 13.0. The van der Waals surface area contributed by atoms with E-state index in [2.05, 4.69) is 40.4 Å². The van der Waals surface area contributed by atoms with Gasteiger partial charge in [-0.2, -0.15) is 0 Å². The van der Waals surface area contributed by atoms with Crippen molar-refractivity contribution in [3.8, 4) is 0 Å². The number of esters is 1. The van der Waals surface area contributed by atoms with E-state index < -0.39 is 52.7 Å². The molecule has 1 amide bonds. The number of carbonyl (C=O) groups is 2. The average molecular weight is 666 g/mol. The fourth-order valence-corrected chi connectivity index (χ4v) is 10.3. The van der Waals surface area contributed by atoms with Crippen LogP contribution in [0.25, 0.3) is 0 Å². The highest BCUT2D eigenvalue weighted by molar-refractivity contribution is 8.72. The van der Waals surface area contributed by atoms with Crippen molar-refractivity contribution in [3.63, 3.8) is 0 Å². The smallest absolute Gasteiger partial charge is 0.334 e. The van der Waals surface area contributed by atoms with Gasteiger partial charge in [0.15, 0.2) is 20.5 Å². The molecule has 10 heteroatoms. The molecule has 45 heavy (non-hydrogen) atoms. The summed E-state index contributed by atoms with van der Waals surface area (Å²) in [5, 5.41) is -1.04. The first-order valence-electron chi connectivity index (χ1n) is 15.0. The molecule has 4 rings (SSSR count). The van der Waals surface area contributed by atoms with Crippen LogP contribution in [0.1, 0.15) is 51.8 Å². The molecule has 240 valence electrons. The summed E-state index contributed by atoms with van der Waals surface area (Å²) >= 11 is 0. The Labute approximate surface area is 272 Å². The lowest BCUT2D eigenvalue weighted by molar-refractivity contribution is -0.171. The summed E-state index contributed by atoms with van der Waals surface area (Å²) in [5.41, 5.74) is 1.89. The second kappa shape index (κ2) is 13.7. The molecule has 1 heterocycles. The minimum absolute atomic E-state index is 0.119. The molecule has 1 aliphatic heterocycles. The zero-order valence-electron chi connectivity index (χ0n) is 27.0. The van der Waals surface area contributed by atoms with Crippen LogP contribution in [0.15, 0.2) is 108 Å². The molecule has 0 N–H and O–H groups in total. The van der Waals surface area contributed by atoms with Crippen molar-refractivity contribution < 1.29 is 27.2 Å². The van der Waals surface area contributed by atoms with Crippen LogP contribution >= 0.6 is 10.8 Å². The van der Waals surface area contributed by atoms with E-state index >= 15 is 0 Å². The maximum atomic E-state index is 14.1. The summed E-state index contributed by atoms with van der Waals surface area (Å²) in [4.78, 5) is 29.6. The zero-order valence-corrected chi connectivity index (χ0v) is 29.6. The highest BCUT2D eigenvalue weighted by Gasteiger charge is 2.58. The van der Waals surface area contributed by atoms with Crippen molar-refractivity contribution in [3.05, 3.63) is 114 Å². The van der Waals surface area contributed by atoms with Crippen LogP contribution in [0, 0.1) is 5.92 Å². The van der Waals surface area contributed by atoms with Crippen LogP contribution in [-0.4, -0.2) is 51.0 Å². The first kappa shape index (κ1) is 34.7. The summed E-state index contributed by atoms with van der Waals surface area (Å²) in [7, 11) is -5.57. The SMILES string of the molecule is C=C(C)C(C(=O)OC(c1ccccc1)c1ccccc1)N1C(=O)[C@H]([C@@H](C)O[Si](C)(C)C(C)(C)C)[C@H]1SS(=O)(=O)c1ccccc1. The highest BCUT2D eigenvalue weighted by Crippen LogP contribution is 2.47. The van der Waals surface area contributed by atoms with Gasteiger partial charge < -0.3 is 14.1 Å². The predicted octanol–water partition coefficient (Wildman–Crippen LogP) is 7.58. The Morgan fingerprint density at radius 2 is 1.38 bits per heavy atom. The molecule has 1 saturated heterocycles. The standard InChI is InChI=1S/C35H43NO6S2Si/c1-24(2)30(34(38)41-31(26-18-12-9-13-19-26)27-20-14-10-15-21-27)36-32(37)29(25(3)42-45(7,8)35(4,5)6)33(36)43-44(39,40)28-22-16-11-17-23-28/h9-23,25,29-31,33H,1H2,2-8H3/t25-,29+,30?,33-/m1/s1. The van der Waals surface area contributed by atoms with Crippen molar-refractivity contribution in [2.24, 2.45) is 5.92 Å². The van der Waals surface area contributed by atoms with Gasteiger partial charge >= 0.3 is 5.97 Å². The van der Waals surface area contributed by atoms with Gasteiger partial charge in [-0.1, -0.05) is 106 Å². The fourth-order valence-electron chi connectivity index (χ4n) is 5.13. The van der Waals surface area contributed by atoms with Gasteiger partial charge in [-0.15, -0.1) is 0 Å². The quantitative estimate of drug-likeness (QED) is 0.0648. The summed E-state index contributed by atoms with van der Waals surface area (Å²) in [6.45, 7) is 18.0. The molecule has 3 aromatic carbocycles. The van der Waals surface area contributed by atoms with E-state index in [1.54, 1.807) is 25.1 Å². The lowest BCUT2D eigenvalue weighted by atomic mass is 9.89. The molecule has 0 aliphatic carbocycles. The summed E-state index contributed by atoms with van der Waals surface area (Å²) < 4.78 is 40.1. The largest absolute Gasteiger partial charge is 0.451 e.